The van der Waals surface area contributed by atoms with Crippen LogP contribution in [0.4, 0.5) is 5.82 Å². The van der Waals surface area contributed by atoms with Gasteiger partial charge in [-0.05, 0) is 59.6 Å². The minimum Gasteiger partial charge on any atom is -0.437 e. The van der Waals surface area contributed by atoms with E-state index in [1.807, 2.05) is 36.9 Å². The van der Waals surface area contributed by atoms with Gasteiger partial charge in [0.25, 0.3) is 5.22 Å². The summed E-state index contributed by atoms with van der Waals surface area (Å²) in [5.74, 6) is 2.70. The van der Waals surface area contributed by atoms with Gasteiger partial charge in [-0.15, -0.1) is 0 Å². The second-order valence-electron chi connectivity index (χ2n) is 9.21. The van der Waals surface area contributed by atoms with Gasteiger partial charge in [0, 0.05) is 30.7 Å². The van der Waals surface area contributed by atoms with Crippen molar-refractivity contribution in [2.45, 2.75) is 64.1 Å². The van der Waals surface area contributed by atoms with Crippen LogP contribution in [0.25, 0.3) is 5.65 Å². The van der Waals surface area contributed by atoms with E-state index in [-0.39, 0.29) is 11.4 Å². The molecule has 0 unspecified atom stereocenters. The van der Waals surface area contributed by atoms with Gasteiger partial charge in [0.1, 0.15) is 17.2 Å². The zero-order valence-electron chi connectivity index (χ0n) is 18.9. The van der Waals surface area contributed by atoms with E-state index in [1.165, 1.54) is 11.8 Å². The molecule has 1 saturated heterocycles. The summed E-state index contributed by atoms with van der Waals surface area (Å²) in [5, 5.41) is 4.22. The molecule has 7 nitrogen and oxygen atoms in total. The van der Waals surface area contributed by atoms with Crippen LogP contribution < -0.4 is 5.32 Å². The van der Waals surface area contributed by atoms with Crippen LogP contribution in [0.3, 0.4) is 0 Å². The van der Waals surface area contributed by atoms with Crippen LogP contribution in [-0.2, 0) is 4.79 Å². The normalized spacial score (nSPS) is 15.6. The van der Waals surface area contributed by atoms with Crippen LogP contribution in [0.15, 0.2) is 34.0 Å². The van der Waals surface area contributed by atoms with Gasteiger partial charge in [0.15, 0.2) is 0 Å². The third-order valence-electron chi connectivity index (χ3n) is 5.61. The number of fused-ring (bicyclic) bond motifs is 1. The van der Waals surface area contributed by atoms with Crippen LogP contribution in [0, 0.1) is 13.8 Å². The van der Waals surface area contributed by atoms with E-state index in [1.54, 1.807) is 0 Å². The first-order valence-corrected chi connectivity index (χ1v) is 11.8. The number of imidazole rings is 1. The van der Waals surface area contributed by atoms with Crippen molar-refractivity contribution in [2.75, 3.05) is 24.2 Å². The number of carbonyl (C=O) groups is 1. The minimum absolute atomic E-state index is 0.0644. The number of likely N-dealkylation sites (tertiary alicyclic amines) is 1. The van der Waals surface area contributed by atoms with Crippen molar-refractivity contribution >= 4 is 29.1 Å². The number of pyridine rings is 1. The molecule has 1 aliphatic heterocycles. The molecule has 1 amide bonds. The molecule has 166 valence electrons. The van der Waals surface area contributed by atoms with E-state index in [0.29, 0.717) is 16.9 Å². The number of amides is 1. The molecule has 1 fully saturated rings. The van der Waals surface area contributed by atoms with Crippen molar-refractivity contribution in [2.24, 2.45) is 0 Å². The van der Waals surface area contributed by atoms with E-state index in [2.05, 4.69) is 41.7 Å². The standard InChI is InChI=1S/C23H31N5O2S/c1-15-16(2)30-22(24-15)31-14-19(29)27-12-9-17(10-13-27)20-21(26-23(3,4)5)28-11-7-6-8-18(28)25-20/h6-8,11,17,26H,9-10,12-14H2,1-5H3. The van der Waals surface area contributed by atoms with Crippen LogP contribution in [0.1, 0.15) is 56.7 Å². The zero-order chi connectivity index (χ0) is 22.2. The maximum absolute atomic E-state index is 12.7. The molecule has 31 heavy (non-hydrogen) atoms. The minimum atomic E-state index is -0.0644. The Labute approximate surface area is 187 Å². The first kappa shape index (κ1) is 21.7. The Morgan fingerprint density at radius 2 is 1.97 bits per heavy atom. The fraction of sp³-hybridized carbons (Fsp3) is 0.522. The Morgan fingerprint density at radius 1 is 1.23 bits per heavy atom. The Morgan fingerprint density at radius 3 is 2.61 bits per heavy atom. The van der Waals surface area contributed by atoms with E-state index in [9.17, 15) is 4.79 Å². The molecule has 4 heterocycles. The Bertz CT molecular complexity index is 1050. The van der Waals surface area contributed by atoms with Crippen molar-refractivity contribution < 1.29 is 9.21 Å². The highest BCUT2D eigenvalue weighted by Gasteiger charge is 2.29. The van der Waals surface area contributed by atoms with Crippen molar-refractivity contribution in [3.8, 4) is 0 Å². The molecule has 4 rings (SSSR count). The summed E-state index contributed by atoms with van der Waals surface area (Å²) >= 11 is 1.37. The van der Waals surface area contributed by atoms with Crippen molar-refractivity contribution in [3.63, 3.8) is 0 Å². The molecule has 8 heteroatoms. The van der Waals surface area contributed by atoms with Crippen LogP contribution in [-0.4, -0.2) is 49.6 Å². The first-order chi connectivity index (χ1) is 14.7. The summed E-state index contributed by atoms with van der Waals surface area (Å²) < 4.78 is 7.71. The third-order valence-corrected chi connectivity index (χ3v) is 6.43. The predicted molar refractivity (Wildman–Crippen MR) is 124 cm³/mol. The average Bonchev–Trinajstić information content (AvgIpc) is 3.25. The number of thioether (sulfide) groups is 1. The monoisotopic (exact) mass is 441 g/mol. The lowest BCUT2D eigenvalue weighted by atomic mass is 9.93. The van der Waals surface area contributed by atoms with Gasteiger partial charge in [-0.25, -0.2) is 9.97 Å². The third kappa shape index (κ3) is 4.89. The topological polar surface area (TPSA) is 75.7 Å². The molecule has 0 aliphatic carbocycles. The predicted octanol–water partition coefficient (Wildman–Crippen LogP) is 4.65. The van der Waals surface area contributed by atoms with E-state index in [0.717, 1.165) is 54.5 Å². The quantitative estimate of drug-likeness (QED) is 0.581. The number of rotatable bonds is 5. The summed E-state index contributed by atoms with van der Waals surface area (Å²) in [6.07, 6.45) is 3.88. The summed E-state index contributed by atoms with van der Waals surface area (Å²) in [5.41, 5.74) is 2.87. The fourth-order valence-corrected chi connectivity index (χ4v) is 4.72. The highest BCUT2D eigenvalue weighted by Crippen LogP contribution is 2.34. The summed E-state index contributed by atoms with van der Waals surface area (Å²) in [7, 11) is 0. The number of oxazole rings is 1. The molecule has 0 spiro atoms. The molecule has 0 aromatic carbocycles. The molecule has 0 bridgehead atoms. The van der Waals surface area contributed by atoms with Crippen molar-refractivity contribution in [1.82, 2.24) is 19.3 Å². The number of anilines is 1. The van der Waals surface area contributed by atoms with E-state index >= 15 is 0 Å². The van der Waals surface area contributed by atoms with Gasteiger partial charge in [0.05, 0.1) is 17.1 Å². The summed E-state index contributed by atoms with van der Waals surface area (Å²) in [4.78, 5) is 24.0. The zero-order valence-corrected chi connectivity index (χ0v) is 19.8. The van der Waals surface area contributed by atoms with Crippen LogP contribution in [0.5, 0.6) is 0 Å². The van der Waals surface area contributed by atoms with E-state index < -0.39 is 0 Å². The van der Waals surface area contributed by atoms with Gasteiger partial charge in [0.2, 0.25) is 5.91 Å². The number of aromatic nitrogens is 3. The van der Waals surface area contributed by atoms with Crippen molar-refractivity contribution in [1.29, 1.82) is 0 Å². The Hall–Kier alpha value is -2.48. The van der Waals surface area contributed by atoms with Crippen LogP contribution in [0.2, 0.25) is 0 Å². The number of piperidine rings is 1. The largest absolute Gasteiger partial charge is 0.437 e. The molecular weight excluding hydrogens is 410 g/mol. The number of aryl methyl sites for hydroxylation is 2. The highest BCUT2D eigenvalue weighted by atomic mass is 32.2. The fourth-order valence-electron chi connectivity index (χ4n) is 3.90. The number of nitrogens with one attached hydrogen (secondary N) is 1. The molecular formula is C23H31N5O2S. The molecule has 0 atom stereocenters. The SMILES string of the molecule is Cc1nc(SCC(=O)N2CCC(c3nc4ccccn4c3NC(C)(C)C)CC2)oc1C. The number of nitrogens with zero attached hydrogens (tertiary/aromatic N) is 4. The second kappa shape index (κ2) is 8.57. The molecule has 0 saturated carbocycles. The lowest BCUT2D eigenvalue weighted by molar-refractivity contribution is -0.129. The smallest absolute Gasteiger partial charge is 0.256 e. The average molecular weight is 442 g/mol. The summed E-state index contributed by atoms with van der Waals surface area (Å²) in [6, 6.07) is 6.09. The molecule has 0 radical (unpaired) electrons. The maximum atomic E-state index is 12.7. The maximum Gasteiger partial charge on any atom is 0.256 e. The molecule has 3 aromatic heterocycles. The van der Waals surface area contributed by atoms with Gasteiger partial charge in [-0.2, -0.15) is 0 Å². The van der Waals surface area contributed by atoms with Crippen molar-refractivity contribution in [3.05, 3.63) is 41.5 Å². The highest BCUT2D eigenvalue weighted by molar-refractivity contribution is 7.99. The van der Waals surface area contributed by atoms with Gasteiger partial charge in [-0.3, -0.25) is 9.20 Å². The number of carbonyl (C=O) groups excluding carboxylic acids is 1. The van der Waals surface area contributed by atoms with Gasteiger partial charge < -0.3 is 14.6 Å². The molecule has 1 N–H and O–H groups in total. The molecule has 3 aromatic rings. The van der Waals surface area contributed by atoms with Gasteiger partial charge >= 0.3 is 0 Å². The van der Waals surface area contributed by atoms with Crippen LogP contribution >= 0.6 is 11.8 Å². The second-order valence-corrected chi connectivity index (χ2v) is 10.1. The Balaban J connectivity index is 1.42. The van der Waals surface area contributed by atoms with Gasteiger partial charge in [-0.1, -0.05) is 17.8 Å². The Kier molecular flexibility index (Phi) is 6.01. The molecule has 1 aliphatic rings. The lowest BCUT2D eigenvalue weighted by Crippen LogP contribution is -2.39. The summed E-state index contributed by atoms with van der Waals surface area (Å²) in [6.45, 7) is 11.8. The lowest BCUT2D eigenvalue weighted by Gasteiger charge is -2.32. The number of hydrogen-bond donors (Lipinski definition) is 1. The first-order valence-electron chi connectivity index (χ1n) is 10.8. The van der Waals surface area contributed by atoms with E-state index in [4.69, 9.17) is 9.40 Å². The number of hydrogen-bond acceptors (Lipinski definition) is 6.